The van der Waals surface area contributed by atoms with Gasteiger partial charge in [0, 0.05) is 12.3 Å². The largest absolute Gasteiger partial charge is 0.494 e. The van der Waals surface area contributed by atoms with Crippen molar-refractivity contribution in [3.05, 3.63) is 82.3 Å². The minimum atomic E-state index is -0.403. The van der Waals surface area contributed by atoms with Crippen molar-refractivity contribution in [1.82, 2.24) is 9.62 Å². The zero-order chi connectivity index (χ0) is 24.1. The number of benzene rings is 2. The van der Waals surface area contributed by atoms with Gasteiger partial charge in [0.2, 0.25) is 6.41 Å². The smallest absolute Gasteiger partial charge is 0.215 e. The molecule has 176 valence electrons. The second-order valence-electron chi connectivity index (χ2n) is 8.30. The lowest BCUT2D eigenvalue weighted by molar-refractivity contribution is -0.115. The Morgan fingerprint density at radius 3 is 2.55 bits per heavy atom. The van der Waals surface area contributed by atoms with Crippen LogP contribution in [0, 0.1) is 18.6 Å². The fourth-order valence-corrected chi connectivity index (χ4v) is 4.45. The number of methoxy groups -OCH3 is 1. The number of allylic oxidation sites excluding steroid dienone is 2. The van der Waals surface area contributed by atoms with Gasteiger partial charge in [-0.2, -0.15) is 0 Å². The van der Waals surface area contributed by atoms with Crippen molar-refractivity contribution in [2.45, 2.75) is 38.4 Å². The van der Waals surface area contributed by atoms with Crippen LogP contribution in [0.4, 0.5) is 14.5 Å². The SMILES string of the molecule is COc1ccc(C2CC2SN/C(C=C(C)C)=C(\Nc2ccc(C)cc2F)N(C)C=O)cc1F. The average Bonchev–Trinajstić information content (AvgIpc) is 3.55. The molecule has 2 aromatic rings. The molecule has 1 aliphatic rings. The van der Waals surface area contributed by atoms with Crippen LogP contribution in [0.3, 0.4) is 0 Å². The molecule has 3 rings (SSSR count). The van der Waals surface area contributed by atoms with E-state index < -0.39 is 5.82 Å². The predicted octanol–water partition coefficient (Wildman–Crippen LogP) is 5.71. The van der Waals surface area contributed by atoms with Gasteiger partial charge in [0.1, 0.15) is 11.6 Å². The zero-order valence-corrected chi connectivity index (χ0v) is 20.2. The molecule has 0 aliphatic heterocycles. The first-order chi connectivity index (χ1) is 15.7. The fraction of sp³-hybridized carbons (Fsp3) is 0.320. The third-order valence-corrected chi connectivity index (χ3v) is 6.39. The summed E-state index contributed by atoms with van der Waals surface area (Å²) in [5.74, 6) is 0.0916. The van der Waals surface area contributed by atoms with Crippen LogP contribution in [0.15, 0.2) is 59.6 Å². The minimum absolute atomic E-state index is 0.214. The number of carbonyl (C=O) groups is 1. The van der Waals surface area contributed by atoms with Crippen LogP contribution in [0.1, 0.15) is 37.3 Å². The highest BCUT2D eigenvalue weighted by molar-refractivity contribution is 7.98. The van der Waals surface area contributed by atoms with E-state index in [1.807, 2.05) is 32.9 Å². The van der Waals surface area contributed by atoms with E-state index in [1.165, 1.54) is 36.1 Å². The van der Waals surface area contributed by atoms with Crippen molar-refractivity contribution in [2.75, 3.05) is 19.5 Å². The maximum atomic E-state index is 14.5. The highest BCUT2D eigenvalue weighted by atomic mass is 32.2. The number of hydrogen-bond acceptors (Lipinski definition) is 5. The molecule has 0 aromatic heterocycles. The van der Waals surface area contributed by atoms with Gasteiger partial charge in [0.15, 0.2) is 11.6 Å². The second-order valence-corrected chi connectivity index (χ2v) is 9.35. The van der Waals surface area contributed by atoms with E-state index in [0.717, 1.165) is 23.1 Å². The molecular weight excluding hydrogens is 444 g/mol. The Bertz CT molecular complexity index is 1080. The van der Waals surface area contributed by atoms with Crippen LogP contribution in [0.25, 0.3) is 0 Å². The number of carbonyl (C=O) groups excluding carboxylic acids is 1. The third kappa shape index (κ3) is 6.28. The Labute approximate surface area is 198 Å². The molecule has 0 heterocycles. The van der Waals surface area contributed by atoms with Gasteiger partial charge in [-0.1, -0.05) is 17.7 Å². The van der Waals surface area contributed by atoms with Crippen molar-refractivity contribution in [2.24, 2.45) is 0 Å². The van der Waals surface area contributed by atoms with Gasteiger partial charge in [-0.25, -0.2) is 8.78 Å². The number of hydrogen-bond donors (Lipinski definition) is 2. The van der Waals surface area contributed by atoms with E-state index >= 15 is 0 Å². The molecule has 2 N–H and O–H groups in total. The van der Waals surface area contributed by atoms with Crippen LogP contribution in [0.5, 0.6) is 5.75 Å². The highest BCUT2D eigenvalue weighted by Gasteiger charge is 2.39. The molecular formula is C25H29F2N3O2S. The van der Waals surface area contributed by atoms with E-state index in [4.69, 9.17) is 4.74 Å². The van der Waals surface area contributed by atoms with Gasteiger partial charge in [-0.05, 0) is 86.5 Å². The molecule has 2 unspecified atom stereocenters. The van der Waals surface area contributed by atoms with Gasteiger partial charge in [-0.15, -0.1) is 0 Å². The standard InChI is InChI=1S/C25H29F2N3O2S/c1-15(2)10-22(25(30(4)14-31)28-21-8-6-16(3)11-19(21)26)29-33-24-13-18(24)17-7-9-23(32-5)20(27)12-17/h6-12,14,18,24,28-29H,13H2,1-5H3/b25-22+. The molecule has 8 heteroatoms. The number of aryl methyl sites for hydroxylation is 1. The molecule has 2 atom stereocenters. The van der Waals surface area contributed by atoms with Crippen molar-refractivity contribution < 1.29 is 18.3 Å². The molecule has 2 aromatic carbocycles. The normalized spacial score (nSPS) is 17.5. The molecule has 0 radical (unpaired) electrons. The third-order valence-electron chi connectivity index (χ3n) is 5.23. The predicted molar refractivity (Wildman–Crippen MR) is 130 cm³/mol. The van der Waals surface area contributed by atoms with E-state index in [2.05, 4.69) is 10.0 Å². The monoisotopic (exact) mass is 473 g/mol. The van der Waals surface area contributed by atoms with Crippen LogP contribution in [0.2, 0.25) is 0 Å². The van der Waals surface area contributed by atoms with Gasteiger partial charge < -0.3 is 19.7 Å². The highest BCUT2D eigenvalue weighted by Crippen LogP contribution is 2.49. The molecule has 5 nitrogen and oxygen atoms in total. The number of anilines is 1. The van der Waals surface area contributed by atoms with E-state index in [1.54, 1.807) is 25.2 Å². The lowest BCUT2D eigenvalue weighted by Crippen LogP contribution is -2.26. The second kappa shape index (κ2) is 10.7. The van der Waals surface area contributed by atoms with Gasteiger partial charge in [0.05, 0.1) is 18.5 Å². The van der Waals surface area contributed by atoms with Crippen molar-refractivity contribution in [3.8, 4) is 5.75 Å². The fourth-order valence-electron chi connectivity index (χ4n) is 3.39. The first-order valence-electron chi connectivity index (χ1n) is 10.6. The van der Waals surface area contributed by atoms with Crippen molar-refractivity contribution in [1.29, 1.82) is 0 Å². The lowest BCUT2D eigenvalue weighted by atomic mass is 10.1. The van der Waals surface area contributed by atoms with E-state index in [9.17, 15) is 13.6 Å². The number of nitrogens with zero attached hydrogens (tertiary/aromatic N) is 1. The minimum Gasteiger partial charge on any atom is -0.494 e. The maximum Gasteiger partial charge on any atom is 0.215 e. The molecule has 0 bridgehead atoms. The Kier molecular flexibility index (Phi) is 8.02. The van der Waals surface area contributed by atoms with Crippen molar-refractivity contribution >= 4 is 24.0 Å². The summed E-state index contributed by atoms with van der Waals surface area (Å²) in [6, 6.07) is 9.93. The van der Waals surface area contributed by atoms with Crippen LogP contribution in [-0.4, -0.2) is 30.7 Å². The number of amides is 1. The zero-order valence-electron chi connectivity index (χ0n) is 19.4. The Morgan fingerprint density at radius 2 is 1.94 bits per heavy atom. The Morgan fingerprint density at radius 1 is 1.18 bits per heavy atom. The summed E-state index contributed by atoms with van der Waals surface area (Å²) in [7, 11) is 3.05. The summed E-state index contributed by atoms with van der Waals surface area (Å²) in [6.45, 7) is 5.70. The molecule has 1 fully saturated rings. The van der Waals surface area contributed by atoms with E-state index in [0.29, 0.717) is 17.9 Å². The van der Waals surface area contributed by atoms with Gasteiger partial charge in [-0.3, -0.25) is 4.79 Å². The molecule has 0 saturated heterocycles. The summed E-state index contributed by atoms with van der Waals surface area (Å²) in [5, 5.41) is 3.29. The number of rotatable bonds is 10. The summed E-state index contributed by atoms with van der Waals surface area (Å²) < 4.78 is 36.9. The molecule has 0 spiro atoms. The molecule has 1 aliphatic carbocycles. The Balaban J connectivity index is 1.81. The molecule has 33 heavy (non-hydrogen) atoms. The molecule has 1 saturated carbocycles. The number of ether oxygens (including phenoxy) is 1. The summed E-state index contributed by atoms with van der Waals surface area (Å²) >= 11 is 1.50. The molecule has 1 amide bonds. The average molecular weight is 474 g/mol. The summed E-state index contributed by atoms with van der Waals surface area (Å²) in [6.07, 6.45) is 3.45. The summed E-state index contributed by atoms with van der Waals surface area (Å²) in [4.78, 5) is 13.0. The van der Waals surface area contributed by atoms with E-state index in [-0.39, 0.29) is 28.4 Å². The summed E-state index contributed by atoms with van der Waals surface area (Å²) in [5.41, 5.74) is 3.64. The topological polar surface area (TPSA) is 53.6 Å². The maximum absolute atomic E-state index is 14.5. The van der Waals surface area contributed by atoms with Crippen LogP contribution in [-0.2, 0) is 4.79 Å². The van der Waals surface area contributed by atoms with Crippen LogP contribution < -0.4 is 14.8 Å². The van der Waals surface area contributed by atoms with Gasteiger partial charge >= 0.3 is 0 Å². The van der Waals surface area contributed by atoms with Crippen molar-refractivity contribution in [3.63, 3.8) is 0 Å². The lowest BCUT2D eigenvalue weighted by Gasteiger charge is -2.22. The van der Waals surface area contributed by atoms with Gasteiger partial charge in [0.25, 0.3) is 0 Å². The number of halogens is 2. The van der Waals surface area contributed by atoms with Crippen LogP contribution >= 0.6 is 11.9 Å². The Hall–Kier alpha value is -3.00. The quantitative estimate of drug-likeness (QED) is 0.263. The number of nitrogens with one attached hydrogen (secondary N) is 2. The first-order valence-corrected chi connectivity index (χ1v) is 11.5. The first kappa shape index (κ1) is 24.6.